The van der Waals surface area contributed by atoms with Crippen molar-refractivity contribution in [3.8, 4) is 5.75 Å². The van der Waals surface area contributed by atoms with Crippen LogP contribution in [0.25, 0.3) is 0 Å². The molecule has 0 bridgehead atoms. The summed E-state index contributed by atoms with van der Waals surface area (Å²) < 4.78 is 18.5. The van der Waals surface area contributed by atoms with Crippen LogP contribution < -0.4 is 9.64 Å². The van der Waals surface area contributed by atoms with Gasteiger partial charge in [0.05, 0.1) is 13.1 Å². The molecule has 0 aromatic heterocycles. The summed E-state index contributed by atoms with van der Waals surface area (Å²) in [5, 5.41) is 0. The minimum absolute atomic E-state index is 0.285. The summed E-state index contributed by atoms with van der Waals surface area (Å²) in [5.41, 5.74) is 0. The second-order valence-electron chi connectivity index (χ2n) is 3.49. The highest BCUT2D eigenvalue weighted by atomic mass is 19.1. The molecule has 2 nitrogen and oxygen atoms in total. The Morgan fingerprint density at radius 2 is 1.87 bits per heavy atom. The van der Waals surface area contributed by atoms with Crippen LogP contribution in [0.15, 0.2) is 24.3 Å². The van der Waals surface area contributed by atoms with Crippen molar-refractivity contribution in [1.29, 1.82) is 0 Å². The zero-order valence-corrected chi connectivity index (χ0v) is 9.42. The lowest BCUT2D eigenvalue weighted by molar-refractivity contribution is -0.896. The maximum atomic E-state index is 13.1. The number of hydrogen-bond acceptors (Lipinski definition) is 1. The van der Waals surface area contributed by atoms with Crippen LogP contribution in [-0.2, 0) is 0 Å². The lowest BCUT2D eigenvalue weighted by Gasteiger charge is -2.15. The van der Waals surface area contributed by atoms with Crippen molar-refractivity contribution in [3.63, 3.8) is 0 Å². The van der Waals surface area contributed by atoms with Gasteiger partial charge in [-0.15, -0.1) is 0 Å². The molecule has 0 aliphatic heterocycles. The highest BCUT2D eigenvalue weighted by Gasteiger charge is 2.04. The lowest BCUT2D eigenvalue weighted by Crippen LogP contribution is -3.12. The third kappa shape index (κ3) is 3.88. The molecule has 0 fully saturated rings. The third-order valence-corrected chi connectivity index (χ3v) is 2.55. The number of quaternary nitrogens is 1. The first-order valence-corrected chi connectivity index (χ1v) is 5.48. The molecule has 1 N–H and O–H groups in total. The zero-order chi connectivity index (χ0) is 11.1. The standard InChI is InChI=1S/C12H18FNO/c1-3-14(4-2)9-10-15-12-8-6-5-7-11(12)13/h5-8H,3-4,9-10H2,1-2H3/p+1. The van der Waals surface area contributed by atoms with E-state index in [2.05, 4.69) is 13.8 Å². The van der Waals surface area contributed by atoms with Crippen molar-refractivity contribution < 1.29 is 14.0 Å². The molecule has 0 amide bonds. The summed E-state index contributed by atoms with van der Waals surface area (Å²) in [4.78, 5) is 1.46. The molecule has 3 heteroatoms. The van der Waals surface area contributed by atoms with Gasteiger partial charge in [-0.1, -0.05) is 12.1 Å². The largest absolute Gasteiger partial charge is 0.485 e. The average Bonchev–Trinajstić information content (AvgIpc) is 2.27. The van der Waals surface area contributed by atoms with Gasteiger partial charge in [-0.3, -0.25) is 0 Å². The topological polar surface area (TPSA) is 13.7 Å². The van der Waals surface area contributed by atoms with Gasteiger partial charge >= 0.3 is 0 Å². The van der Waals surface area contributed by atoms with Crippen molar-refractivity contribution in [3.05, 3.63) is 30.1 Å². The maximum Gasteiger partial charge on any atom is 0.165 e. The molecule has 0 heterocycles. The number of halogens is 1. The van der Waals surface area contributed by atoms with E-state index in [1.54, 1.807) is 18.2 Å². The minimum atomic E-state index is -0.285. The van der Waals surface area contributed by atoms with Crippen molar-refractivity contribution in [2.75, 3.05) is 26.2 Å². The first-order chi connectivity index (χ1) is 7.27. The summed E-state index contributed by atoms with van der Waals surface area (Å²) >= 11 is 0. The molecule has 0 unspecified atom stereocenters. The van der Waals surface area contributed by atoms with Gasteiger partial charge in [0.1, 0.15) is 13.2 Å². The number of likely N-dealkylation sites (N-methyl/N-ethyl adjacent to an activating group) is 1. The molecule has 1 aromatic rings. The molecule has 0 aliphatic carbocycles. The Bertz CT molecular complexity index is 287. The smallest absolute Gasteiger partial charge is 0.165 e. The molecule has 0 saturated heterocycles. The summed E-state index contributed by atoms with van der Waals surface area (Å²) in [6.07, 6.45) is 0. The number of nitrogens with one attached hydrogen (secondary N) is 1. The van der Waals surface area contributed by atoms with E-state index >= 15 is 0 Å². The summed E-state index contributed by atoms with van der Waals surface area (Å²) in [5.74, 6) is 0.0658. The first-order valence-electron chi connectivity index (χ1n) is 5.48. The predicted molar refractivity (Wildman–Crippen MR) is 58.8 cm³/mol. The monoisotopic (exact) mass is 212 g/mol. The molecule has 0 atom stereocenters. The van der Waals surface area contributed by atoms with Crippen molar-refractivity contribution in [2.24, 2.45) is 0 Å². The van der Waals surface area contributed by atoms with Crippen LogP contribution in [-0.4, -0.2) is 26.2 Å². The number of ether oxygens (including phenoxy) is 1. The van der Waals surface area contributed by atoms with E-state index in [0.717, 1.165) is 19.6 Å². The second-order valence-corrected chi connectivity index (χ2v) is 3.49. The van der Waals surface area contributed by atoms with E-state index in [0.29, 0.717) is 12.4 Å². The van der Waals surface area contributed by atoms with Crippen molar-refractivity contribution in [1.82, 2.24) is 0 Å². The van der Waals surface area contributed by atoms with Crippen LogP contribution in [0, 0.1) is 5.82 Å². The molecule has 0 spiro atoms. The summed E-state index contributed by atoms with van der Waals surface area (Å²) in [6.45, 7) is 7.93. The highest BCUT2D eigenvalue weighted by Crippen LogP contribution is 2.14. The lowest BCUT2D eigenvalue weighted by atomic mass is 10.3. The molecule has 15 heavy (non-hydrogen) atoms. The molecular formula is C12H19FNO+. The van der Waals surface area contributed by atoms with Crippen LogP contribution >= 0.6 is 0 Å². The van der Waals surface area contributed by atoms with Crippen LogP contribution in [0.2, 0.25) is 0 Å². The number of hydrogen-bond donors (Lipinski definition) is 1. The normalized spacial score (nSPS) is 10.7. The molecule has 0 aliphatic rings. The van der Waals surface area contributed by atoms with E-state index in [-0.39, 0.29) is 5.82 Å². The van der Waals surface area contributed by atoms with Crippen LogP contribution in [0.3, 0.4) is 0 Å². The van der Waals surface area contributed by atoms with Gasteiger partial charge in [-0.2, -0.15) is 0 Å². The Morgan fingerprint density at radius 1 is 1.20 bits per heavy atom. The molecular weight excluding hydrogens is 193 g/mol. The Kier molecular flexibility index (Phi) is 5.12. The van der Waals surface area contributed by atoms with E-state index in [9.17, 15) is 4.39 Å². The minimum Gasteiger partial charge on any atom is -0.485 e. The van der Waals surface area contributed by atoms with Crippen LogP contribution in [0.1, 0.15) is 13.8 Å². The van der Waals surface area contributed by atoms with Crippen molar-refractivity contribution >= 4 is 0 Å². The predicted octanol–water partition coefficient (Wildman–Crippen LogP) is 1.13. The highest BCUT2D eigenvalue weighted by molar-refractivity contribution is 5.23. The van der Waals surface area contributed by atoms with Gasteiger partial charge < -0.3 is 9.64 Å². The molecule has 1 rings (SSSR count). The fraction of sp³-hybridized carbons (Fsp3) is 0.500. The maximum absolute atomic E-state index is 13.1. The second kappa shape index (κ2) is 6.40. The fourth-order valence-electron chi connectivity index (χ4n) is 1.47. The summed E-state index contributed by atoms with van der Waals surface area (Å²) in [7, 11) is 0. The average molecular weight is 212 g/mol. The Labute approximate surface area is 90.7 Å². The van der Waals surface area contributed by atoms with Gasteiger partial charge in [-0.05, 0) is 26.0 Å². The van der Waals surface area contributed by atoms with Crippen molar-refractivity contribution in [2.45, 2.75) is 13.8 Å². The van der Waals surface area contributed by atoms with Gasteiger partial charge in [0, 0.05) is 0 Å². The van der Waals surface area contributed by atoms with E-state index in [1.165, 1.54) is 11.0 Å². The SMILES string of the molecule is CC[NH+](CC)CCOc1ccccc1F. The Balaban J connectivity index is 2.34. The molecule has 0 radical (unpaired) electrons. The number of para-hydroxylation sites is 1. The summed E-state index contributed by atoms with van der Waals surface area (Å²) in [6, 6.07) is 6.52. The van der Waals surface area contributed by atoms with E-state index in [1.807, 2.05) is 0 Å². The first kappa shape index (κ1) is 12.0. The third-order valence-electron chi connectivity index (χ3n) is 2.55. The molecule has 84 valence electrons. The zero-order valence-electron chi connectivity index (χ0n) is 9.42. The molecule has 1 aromatic carbocycles. The van der Waals surface area contributed by atoms with Gasteiger partial charge in [0.2, 0.25) is 0 Å². The molecule has 0 saturated carbocycles. The quantitative estimate of drug-likeness (QED) is 0.746. The van der Waals surface area contributed by atoms with Gasteiger partial charge in [0.25, 0.3) is 0 Å². The number of rotatable bonds is 6. The van der Waals surface area contributed by atoms with Gasteiger partial charge in [-0.25, -0.2) is 4.39 Å². The number of benzene rings is 1. The van der Waals surface area contributed by atoms with Crippen LogP contribution in [0.5, 0.6) is 5.75 Å². The Hall–Kier alpha value is -1.09. The van der Waals surface area contributed by atoms with E-state index in [4.69, 9.17) is 4.74 Å². The Morgan fingerprint density at radius 3 is 2.47 bits per heavy atom. The van der Waals surface area contributed by atoms with Gasteiger partial charge in [0.15, 0.2) is 11.6 Å². The van der Waals surface area contributed by atoms with E-state index < -0.39 is 0 Å². The van der Waals surface area contributed by atoms with Crippen LogP contribution in [0.4, 0.5) is 4.39 Å². The fourth-order valence-corrected chi connectivity index (χ4v) is 1.47.